The third-order valence-electron chi connectivity index (χ3n) is 3.76. The Hall–Kier alpha value is -1.07. The van der Waals surface area contributed by atoms with E-state index < -0.39 is 0 Å². The number of nitrogens with zero attached hydrogens (tertiary/aromatic N) is 3. The molecule has 0 bridgehead atoms. The van der Waals surface area contributed by atoms with Crippen molar-refractivity contribution in [2.45, 2.75) is 31.7 Å². The van der Waals surface area contributed by atoms with Crippen LogP contribution in [0.4, 0.5) is 11.6 Å². The summed E-state index contributed by atoms with van der Waals surface area (Å²) >= 11 is 0. The van der Waals surface area contributed by atoms with Crippen molar-refractivity contribution in [1.29, 1.82) is 0 Å². The summed E-state index contributed by atoms with van der Waals surface area (Å²) in [5, 5.41) is 3.42. The van der Waals surface area contributed by atoms with Crippen LogP contribution in [-0.2, 0) is 0 Å². The van der Waals surface area contributed by atoms with E-state index in [9.17, 15) is 0 Å². The van der Waals surface area contributed by atoms with Gasteiger partial charge in [-0.3, -0.25) is 0 Å². The van der Waals surface area contributed by atoms with Gasteiger partial charge in [0.1, 0.15) is 18.0 Å². The summed E-state index contributed by atoms with van der Waals surface area (Å²) in [6, 6.07) is 2.70. The van der Waals surface area contributed by atoms with Crippen LogP contribution < -0.4 is 16.0 Å². The zero-order chi connectivity index (χ0) is 12.4. The number of hydrogen-bond donors (Lipinski definition) is 2. The lowest BCUT2D eigenvalue weighted by molar-refractivity contribution is 0.421. The van der Waals surface area contributed by atoms with Crippen molar-refractivity contribution in [2.75, 3.05) is 29.9 Å². The van der Waals surface area contributed by atoms with E-state index in [0.29, 0.717) is 12.0 Å². The second kappa shape index (κ2) is 6.39. The van der Waals surface area contributed by atoms with E-state index in [1.807, 2.05) is 0 Å². The van der Waals surface area contributed by atoms with Gasteiger partial charge in [0.15, 0.2) is 0 Å². The normalized spacial score (nSPS) is 22.8. The van der Waals surface area contributed by atoms with Gasteiger partial charge in [-0.25, -0.2) is 9.97 Å². The average Bonchev–Trinajstić information content (AvgIpc) is 3.23. The highest BCUT2D eigenvalue weighted by molar-refractivity contribution is 5.85. The summed E-state index contributed by atoms with van der Waals surface area (Å²) in [5.41, 5.74) is 5.78. The average molecular weight is 284 g/mol. The van der Waals surface area contributed by atoms with Gasteiger partial charge in [-0.1, -0.05) is 0 Å². The van der Waals surface area contributed by atoms with Gasteiger partial charge in [-0.05, 0) is 38.1 Å². The Labute approximate surface area is 120 Å². The molecule has 5 nitrogen and oxygen atoms in total. The van der Waals surface area contributed by atoms with Crippen molar-refractivity contribution in [2.24, 2.45) is 11.7 Å². The van der Waals surface area contributed by atoms with Gasteiger partial charge in [-0.2, -0.15) is 0 Å². The number of anilines is 2. The molecule has 1 saturated heterocycles. The molecule has 1 atom stereocenters. The summed E-state index contributed by atoms with van der Waals surface area (Å²) in [6.07, 6.45) is 6.63. The molecule has 0 spiro atoms. The van der Waals surface area contributed by atoms with Gasteiger partial charge in [0, 0.05) is 25.2 Å². The third kappa shape index (κ3) is 3.70. The largest absolute Gasteiger partial charge is 0.367 e. The number of rotatable bonds is 4. The van der Waals surface area contributed by atoms with Crippen molar-refractivity contribution in [1.82, 2.24) is 9.97 Å². The van der Waals surface area contributed by atoms with Crippen LogP contribution in [0.2, 0.25) is 0 Å². The highest BCUT2D eigenvalue weighted by atomic mass is 35.5. The first-order chi connectivity index (χ1) is 8.85. The minimum atomic E-state index is 0. The Balaban J connectivity index is 0.00000133. The molecule has 2 fully saturated rings. The monoisotopic (exact) mass is 283 g/mol. The number of aromatic nitrogens is 2. The maximum absolute atomic E-state index is 5.78. The van der Waals surface area contributed by atoms with Gasteiger partial charge in [-0.15, -0.1) is 12.4 Å². The highest BCUT2D eigenvalue weighted by Crippen LogP contribution is 2.26. The maximum Gasteiger partial charge on any atom is 0.134 e. The Morgan fingerprint density at radius 3 is 2.89 bits per heavy atom. The fourth-order valence-corrected chi connectivity index (χ4v) is 2.50. The number of piperidine rings is 1. The predicted octanol–water partition coefficient (Wildman–Crippen LogP) is 1.65. The summed E-state index contributed by atoms with van der Waals surface area (Å²) < 4.78 is 0. The van der Waals surface area contributed by atoms with Crippen molar-refractivity contribution in [3.63, 3.8) is 0 Å². The molecule has 1 unspecified atom stereocenters. The second-order valence-corrected chi connectivity index (χ2v) is 5.37. The van der Waals surface area contributed by atoms with Gasteiger partial charge in [0.2, 0.25) is 0 Å². The first-order valence-corrected chi connectivity index (χ1v) is 6.89. The van der Waals surface area contributed by atoms with E-state index >= 15 is 0 Å². The lowest BCUT2D eigenvalue weighted by Crippen LogP contribution is -2.38. The first-order valence-electron chi connectivity index (χ1n) is 6.89. The molecule has 0 amide bonds. The molecule has 0 aromatic carbocycles. The molecule has 19 heavy (non-hydrogen) atoms. The van der Waals surface area contributed by atoms with Gasteiger partial charge >= 0.3 is 0 Å². The van der Waals surface area contributed by atoms with E-state index in [1.54, 1.807) is 6.33 Å². The van der Waals surface area contributed by atoms with E-state index in [0.717, 1.165) is 31.3 Å². The molecular weight excluding hydrogens is 262 g/mol. The standard InChI is InChI=1S/C13H21N5.ClH/c14-7-10-2-1-5-18(8-10)13-6-12(15-9-16-13)17-11-3-4-11;/h6,9-11H,1-5,7-8,14H2,(H,15,16,17);1H. The number of halogens is 1. The Bertz CT molecular complexity index is 410. The predicted molar refractivity (Wildman–Crippen MR) is 79.9 cm³/mol. The third-order valence-corrected chi connectivity index (χ3v) is 3.76. The van der Waals surface area contributed by atoms with Gasteiger partial charge < -0.3 is 16.0 Å². The van der Waals surface area contributed by atoms with Crippen LogP contribution in [0.25, 0.3) is 0 Å². The quantitative estimate of drug-likeness (QED) is 0.879. The molecule has 1 saturated carbocycles. The first kappa shape index (κ1) is 14.3. The second-order valence-electron chi connectivity index (χ2n) is 5.37. The van der Waals surface area contributed by atoms with Crippen molar-refractivity contribution in [3.8, 4) is 0 Å². The van der Waals surface area contributed by atoms with Crippen LogP contribution in [0.5, 0.6) is 0 Å². The fourth-order valence-electron chi connectivity index (χ4n) is 2.50. The van der Waals surface area contributed by atoms with E-state index in [4.69, 9.17) is 5.73 Å². The number of nitrogens with two attached hydrogens (primary N) is 1. The van der Waals surface area contributed by atoms with E-state index in [-0.39, 0.29) is 12.4 Å². The number of nitrogens with one attached hydrogen (secondary N) is 1. The smallest absolute Gasteiger partial charge is 0.134 e. The van der Waals surface area contributed by atoms with Crippen LogP contribution in [0.15, 0.2) is 12.4 Å². The van der Waals surface area contributed by atoms with Crippen LogP contribution in [0.3, 0.4) is 0 Å². The lowest BCUT2D eigenvalue weighted by Gasteiger charge is -2.33. The summed E-state index contributed by atoms with van der Waals surface area (Å²) in [4.78, 5) is 11.0. The zero-order valence-electron chi connectivity index (χ0n) is 11.1. The molecule has 1 aliphatic carbocycles. The SMILES string of the molecule is Cl.NCC1CCCN(c2cc(NC3CC3)ncn2)C1. The van der Waals surface area contributed by atoms with Crippen LogP contribution in [-0.4, -0.2) is 35.6 Å². The molecule has 6 heteroatoms. The molecule has 106 valence electrons. The molecule has 1 aromatic rings. The van der Waals surface area contributed by atoms with Gasteiger partial charge in [0.05, 0.1) is 0 Å². The highest BCUT2D eigenvalue weighted by Gasteiger charge is 2.23. The summed E-state index contributed by atoms with van der Waals surface area (Å²) in [5.74, 6) is 2.59. The van der Waals surface area contributed by atoms with Crippen LogP contribution >= 0.6 is 12.4 Å². The molecule has 0 radical (unpaired) electrons. The summed E-state index contributed by atoms with van der Waals surface area (Å²) in [7, 11) is 0. The van der Waals surface area contributed by atoms with Crippen molar-refractivity contribution < 1.29 is 0 Å². The van der Waals surface area contributed by atoms with E-state index in [1.165, 1.54) is 25.7 Å². The Morgan fingerprint density at radius 1 is 1.32 bits per heavy atom. The molecule has 1 aromatic heterocycles. The molecule has 2 heterocycles. The molecule has 1 aliphatic heterocycles. The molecule has 3 N–H and O–H groups in total. The molecule has 3 rings (SSSR count). The van der Waals surface area contributed by atoms with Crippen molar-refractivity contribution in [3.05, 3.63) is 12.4 Å². The van der Waals surface area contributed by atoms with Crippen LogP contribution in [0, 0.1) is 5.92 Å². The summed E-state index contributed by atoms with van der Waals surface area (Å²) in [6.45, 7) is 2.88. The van der Waals surface area contributed by atoms with E-state index in [2.05, 4.69) is 26.3 Å². The van der Waals surface area contributed by atoms with Crippen molar-refractivity contribution >= 4 is 24.0 Å². The van der Waals surface area contributed by atoms with Gasteiger partial charge in [0.25, 0.3) is 0 Å². The molecule has 2 aliphatic rings. The maximum atomic E-state index is 5.78. The lowest BCUT2D eigenvalue weighted by atomic mass is 9.98. The Kier molecular flexibility index (Phi) is 4.82. The minimum absolute atomic E-state index is 0. The Morgan fingerprint density at radius 2 is 2.16 bits per heavy atom. The molecular formula is C13H22ClN5. The minimum Gasteiger partial charge on any atom is -0.367 e. The van der Waals surface area contributed by atoms with Crippen LogP contribution in [0.1, 0.15) is 25.7 Å². The fraction of sp³-hybridized carbons (Fsp3) is 0.692. The number of hydrogen-bond acceptors (Lipinski definition) is 5. The zero-order valence-corrected chi connectivity index (χ0v) is 11.9. The topological polar surface area (TPSA) is 67.1 Å².